The first-order chi connectivity index (χ1) is 12.8. The Balaban J connectivity index is 1.52. The number of primary amides is 1. The second-order valence-corrected chi connectivity index (χ2v) is 8.51. The smallest absolute Gasteiger partial charge is 0.231 e. The average Bonchev–Trinajstić information content (AvgIpc) is 2.65. The molecule has 2 aliphatic heterocycles. The predicted molar refractivity (Wildman–Crippen MR) is 106 cm³/mol. The normalized spacial score (nSPS) is 21.5. The van der Waals surface area contributed by atoms with Gasteiger partial charge < -0.3 is 11.1 Å². The van der Waals surface area contributed by atoms with Crippen LogP contribution in [-0.2, 0) is 22.6 Å². The molecular formula is C21H32N4O2. The minimum atomic E-state index is -0.331. The lowest BCUT2D eigenvalue weighted by molar-refractivity contribution is -0.128. The van der Waals surface area contributed by atoms with Crippen molar-refractivity contribution in [1.82, 2.24) is 15.1 Å². The van der Waals surface area contributed by atoms with Crippen LogP contribution in [-0.4, -0.2) is 59.9 Å². The lowest BCUT2D eigenvalue weighted by Gasteiger charge is -2.42. The molecule has 2 amide bonds. The van der Waals surface area contributed by atoms with Crippen LogP contribution in [0.2, 0.25) is 0 Å². The molecule has 1 aromatic rings. The van der Waals surface area contributed by atoms with Crippen molar-refractivity contribution in [2.24, 2.45) is 11.7 Å². The number of nitrogens with one attached hydrogen (secondary N) is 1. The molecular weight excluding hydrogens is 340 g/mol. The van der Waals surface area contributed by atoms with Gasteiger partial charge in [0.25, 0.3) is 0 Å². The largest absolute Gasteiger partial charge is 0.369 e. The highest BCUT2D eigenvalue weighted by atomic mass is 16.2. The number of carbonyl (C=O) groups is 2. The van der Waals surface area contributed by atoms with Gasteiger partial charge in [0, 0.05) is 31.7 Å². The highest BCUT2D eigenvalue weighted by Crippen LogP contribution is 2.25. The summed E-state index contributed by atoms with van der Waals surface area (Å²) in [6.07, 6.45) is 2.86. The van der Waals surface area contributed by atoms with E-state index in [2.05, 4.69) is 48.3 Å². The van der Waals surface area contributed by atoms with Crippen LogP contribution in [0.5, 0.6) is 0 Å². The van der Waals surface area contributed by atoms with E-state index in [1.807, 2.05) is 4.90 Å². The van der Waals surface area contributed by atoms with Crippen molar-refractivity contribution in [3.63, 3.8) is 0 Å². The maximum absolute atomic E-state index is 12.7. The summed E-state index contributed by atoms with van der Waals surface area (Å²) in [5.41, 5.74) is 8.01. The SMILES string of the molecule is CC(C)(CNC(=O)C1CCCN(CC(N)=O)C1)N1CCc2ccccc2C1. The van der Waals surface area contributed by atoms with Gasteiger partial charge in [0.1, 0.15) is 0 Å². The van der Waals surface area contributed by atoms with Gasteiger partial charge in [0.2, 0.25) is 11.8 Å². The Hall–Kier alpha value is -1.92. The molecule has 1 saturated heterocycles. The highest BCUT2D eigenvalue weighted by molar-refractivity contribution is 5.79. The molecule has 0 aliphatic carbocycles. The van der Waals surface area contributed by atoms with Crippen molar-refractivity contribution in [1.29, 1.82) is 0 Å². The van der Waals surface area contributed by atoms with Crippen LogP contribution in [0.4, 0.5) is 0 Å². The van der Waals surface area contributed by atoms with Crippen LogP contribution in [0, 0.1) is 5.92 Å². The minimum absolute atomic E-state index is 0.0593. The zero-order chi connectivity index (χ0) is 19.4. The van der Waals surface area contributed by atoms with Crippen LogP contribution in [0.25, 0.3) is 0 Å². The van der Waals surface area contributed by atoms with E-state index in [0.717, 1.165) is 38.9 Å². The lowest BCUT2D eigenvalue weighted by Crippen LogP contribution is -2.54. The molecule has 0 aromatic heterocycles. The van der Waals surface area contributed by atoms with Crippen LogP contribution in [0.1, 0.15) is 37.8 Å². The number of rotatable bonds is 6. The number of hydrogen-bond donors (Lipinski definition) is 2. The molecule has 3 N–H and O–H groups in total. The Morgan fingerprint density at radius 3 is 2.70 bits per heavy atom. The van der Waals surface area contributed by atoms with Crippen LogP contribution < -0.4 is 11.1 Å². The Labute approximate surface area is 162 Å². The fourth-order valence-electron chi connectivity index (χ4n) is 4.21. The molecule has 1 unspecified atom stereocenters. The molecule has 0 spiro atoms. The summed E-state index contributed by atoms with van der Waals surface area (Å²) in [6.45, 7) is 8.65. The van der Waals surface area contributed by atoms with Crippen molar-refractivity contribution in [2.75, 3.05) is 32.7 Å². The minimum Gasteiger partial charge on any atom is -0.369 e. The van der Waals surface area contributed by atoms with E-state index in [-0.39, 0.29) is 29.8 Å². The third-order valence-corrected chi connectivity index (χ3v) is 5.94. The molecule has 6 heteroatoms. The van der Waals surface area contributed by atoms with Gasteiger partial charge in [-0.3, -0.25) is 19.4 Å². The van der Waals surface area contributed by atoms with Gasteiger partial charge in [-0.05, 0) is 50.8 Å². The van der Waals surface area contributed by atoms with Crippen molar-refractivity contribution >= 4 is 11.8 Å². The first kappa shape index (κ1) is 19.8. The maximum atomic E-state index is 12.7. The molecule has 1 aromatic carbocycles. The van der Waals surface area contributed by atoms with E-state index < -0.39 is 0 Å². The summed E-state index contributed by atoms with van der Waals surface area (Å²) in [5.74, 6) is -0.298. The van der Waals surface area contributed by atoms with Crippen LogP contribution >= 0.6 is 0 Å². The number of piperidine rings is 1. The van der Waals surface area contributed by atoms with E-state index in [0.29, 0.717) is 13.1 Å². The summed E-state index contributed by atoms with van der Waals surface area (Å²) < 4.78 is 0. The number of benzene rings is 1. The number of fused-ring (bicyclic) bond motifs is 1. The summed E-state index contributed by atoms with van der Waals surface area (Å²) >= 11 is 0. The maximum Gasteiger partial charge on any atom is 0.231 e. The number of hydrogen-bond acceptors (Lipinski definition) is 4. The van der Waals surface area contributed by atoms with Gasteiger partial charge in [-0.2, -0.15) is 0 Å². The second kappa shape index (κ2) is 8.40. The molecule has 3 rings (SSSR count). The monoisotopic (exact) mass is 372 g/mol. The summed E-state index contributed by atoms with van der Waals surface area (Å²) in [5, 5.41) is 3.16. The van der Waals surface area contributed by atoms with E-state index in [9.17, 15) is 9.59 Å². The van der Waals surface area contributed by atoms with Crippen molar-refractivity contribution in [2.45, 2.75) is 45.2 Å². The molecule has 2 aliphatic rings. The topological polar surface area (TPSA) is 78.7 Å². The number of carbonyl (C=O) groups excluding carboxylic acids is 2. The van der Waals surface area contributed by atoms with E-state index in [4.69, 9.17) is 5.73 Å². The molecule has 27 heavy (non-hydrogen) atoms. The molecule has 1 atom stereocenters. The van der Waals surface area contributed by atoms with Gasteiger partial charge >= 0.3 is 0 Å². The number of nitrogens with two attached hydrogens (primary N) is 1. The van der Waals surface area contributed by atoms with Gasteiger partial charge in [-0.15, -0.1) is 0 Å². The van der Waals surface area contributed by atoms with Crippen LogP contribution in [0.3, 0.4) is 0 Å². The highest BCUT2D eigenvalue weighted by Gasteiger charge is 2.32. The second-order valence-electron chi connectivity index (χ2n) is 8.51. The zero-order valence-corrected chi connectivity index (χ0v) is 16.5. The van der Waals surface area contributed by atoms with Crippen molar-refractivity contribution < 1.29 is 9.59 Å². The molecule has 0 radical (unpaired) electrons. The zero-order valence-electron chi connectivity index (χ0n) is 16.5. The Morgan fingerprint density at radius 1 is 1.22 bits per heavy atom. The van der Waals surface area contributed by atoms with Crippen LogP contribution in [0.15, 0.2) is 24.3 Å². The van der Waals surface area contributed by atoms with Gasteiger partial charge in [-0.1, -0.05) is 24.3 Å². The Morgan fingerprint density at radius 2 is 1.96 bits per heavy atom. The lowest BCUT2D eigenvalue weighted by atomic mass is 9.93. The van der Waals surface area contributed by atoms with Gasteiger partial charge in [0.15, 0.2) is 0 Å². The third kappa shape index (κ3) is 5.08. The molecule has 148 valence electrons. The molecule has 2 heterocycles. The van der Waals surface area contributed by atoms with E-state index >= 15 is 0 Å². The summed E-state index contributed by atoms with van der Waals surface area (Å²) in [4.78, 5) is 28.3. The van der Waals surface area contributed by atoms with Crippen molar-refractivity contribution in [3.05, 3.63) is 35.4 Å². The van der Waals surface area contributed by atoms with Crippen molar-refractivity contribution in [3.8, 4) is 0 Å². The van der Waals surface area contributed by atoms with Gasteiger partial charge in [0.05, 0.1) is 12.5 Å². The summed E-state index contributed by atoms with van der Waals surface area (Å²) in [6, 6.07) is 8.61. The fourth-order valence-corrected chi connectivity index (χ4v) is 4.21. The predicted octanol–water partition coefficient (Wildman–Crippen LogP) is 1.14. The molecule has 1 fully saturated rings. The first-order valence-corrected chi connectivity index (χ1v) is 9.95. The quantitative estimate of drug-likeness (QED) is 0.785. The standard InChI is InChI=1S/C21H32N4O2/c1-21(2,25-11-9-16-6-3-4-7-17(16)13-25)15-23-20(27)18-8-5-10-24(12-18)14-19(22)26/h3-4,6-7,18H,5,8-15H2,1-2H3,(H2,22,26)(H,23,27). The average molecular weight is 373 g/mol. The number of likely N-dealkylation sites (tertiary alicyclic amines) is 1. The van der Waals surface area contributed by atoms with Gasteiger partial charge in [-0.25, -0.2) is 0 Å². The number of amides is 2. The Bertz CT molecular complexity index is 689. The third-order valence-electron chi connectivity index (χ3n) is 5.94. The molecule has 6 nitrogen and oxygen atoms in total. The number of nitrogens with zero attached hydrogens (tertiary/aromatic N) is 2. The van der Waals surface area contributed by atoms with E-state index in [1.165, 1.54) is 11.1 Å². The fraction of sp³-hybridized carbons (Fsp3) is 0.619. The summed E-state index contributed by atoms with van der Waals surface area (Å²) in [7, 11) is 0. The molecule has 0 saturated carbocycles. The molecule has 0 bridgehead atoms. The van der Waals surface area contributed by atoms with E-state index in [1.54, 1.807) is 0 Å². The first-order valence-electron chi connectivity index (χ1n) is 9.95. The Kier molecular flexibility index (Phi) is 6.17.